The molecule has 0 aromatic heterocycles. The third kappa shape index (κ3) is 4.89. The number of halogens is 1. The van der Waals surface area contributed by atoms with Crippen LogP contribution in [0.1, 0.15) is 71.1 Å². The van der Waals surface area contributed by atoms with Gasteiger partial charge in [0.1, 0.15) is 0 Å². The van der Waals surface area contributed by atoms with Gasteiger partial charge < -0.3 is 10.1 Å². The topological polar surface area (TPSA) is 21.3 Å². The van der Waals surface area contributed by atoms with E-state index in [9.17, 15) is 0 Å². The maximum atomic E-state index is 6.40. The lowest BCUT2D eigenvalue weighted by atomic mass is 9.83. The highest BCUT2D eigenvalue weighted by Crippen LogP contribution is 2.41. The van der Waals surface area contributed by atoms with Gasteiger partial charge in [-0.1, -0.05) is 32.6 Å². The maximum Gasteiger partial charge on any atom is 0.0708 e. The second-order valence-corrected chi connectivity index (χ2v) is 7.19. The molecular formula is C17H32ClNO. The molecule has 118 valence electrons. The Labute approximate surface area is 130 Å². The minimum Gasteiger partial charge on any atom is -0.370 e. The Morgan fingerprint density at radius 3 is 2.70 bits per heavy atom. The fourth-order valence-electron chi connectivity index (χ4n) is 3.96. The summed E-state index contributed by atoms with van der Waals surface area (Å²) in [5.41, 5.74) is 0.267. The van der Waals surface area contributed by atoms with Gasteiger partial charge in [0.25, 0.3) is 0 Å². The summed E-state index contributed by atoms with van der Waals surface area (Å²) in [6.45, 7) is 4.39. The molecule has 1 saturated carbocycles. The van der Waals surface area contributed by atoms with Crippen molar-refractivity contribution >= 4 is 11.6 Å². The van der Waals surface area contributed by atoms with Crippen LogP contribution >= 0.6 is 11.6 Å². The normalized spacial score (nSPS) is 27.0. The highest BCUT2D eigenvalue weighted by atomic mass is 35.5. The molecule has 2 rings (SSSR count). The van der Waals surface area contributed by atoms with E-state index in [1.165, 1.54) is 57.8 Å². The van der Waals surface area contributed by atoms with Crippen molar-refractivity contribution in [1.29, 1.82) is 0 Å². The molecule has 20 heavy (non-hydrogen) atoms. The van der Waals surface area contributed by atoms with Crippen molar-refractivity contribution in [1.82, 2.24) is 5.32 Å². The van der Waals surface area contributed by atoms with Crippen LogP contribution in [-0.4, -0.2) is 30.7 Å². The van der Waals surface area contributed by atoms with E-state index in [0.29, 0.717) is 6.10 Å². The maximum absolute atomic E-state index is 6.40. The van der Waals surface area contributed by atoms with E-state index in [0.717, 1.165) is 31.3 Å². The fraction of sp³-hybridized carbons (Fsp3) is 1.00. The zero-order valence-electron chi connectivity index (χ0n) is 13.1. The molecule has 1 heterocycles. The van der Waals surface area contributed by atoms with Crippen molar-refractivity contribution in [2.75, 3.05) is 19.0 Å². The quantitative estimate of drug-likeness (QED) is 0.666. The average Bonchev–Trinajstić information content (AvgIpc) is 2.83. The summed E-state index contributed by atoms with van der Waals surface area (Å²) in [6, 6.07) is 0. The van der Waals surface area contributed by atoms with E-state index in [2.05, 4.69) is 12.2 Å². The molecule has 0 bridgehead atoms. The first kappa shape index (κ1) is 16.6. The number of ether oxygens (including phenoxy) is 1. The molecule has 2 aliphatic rings. The SMILES string of the molecule is CCCC(CCCl)CNCC1CCC2(CCCCC2)O1. The molecule has 3 heteroatoms. The van der Waals surface area contributed by atoms with Crippen molar-refractivity contribution in [3.05, 3.63) is 0 Å². The van der Waals surface area contributed by atoms with Crippen molar-refractivity contribution in [2.24, 2.45) is 5.92 Å². The minimum atomic E-state index is 0.267. The summed E-state index contributed by atoms with van der Waals surface area (Å²) in [7, 11) is 0. The second kappa shape index (κ2) is 8.60. The van der Waals surface area contributed by atoms with E-state index in [-0.39, 0.29) is 5.60 Å². The van der Waals surface area contributed by atoms with E-state index in [4.69, 9.17) is 16.3 Å². The van der Waals surface area contributed by atoms with Crippen LogP contribution in [0.25, 0.3) is 0 Å². The van der Waals surface area contributed by atoms with Crippen LogP contribution in [0.3, 0.4) is 0 Å². The lowest BCUT2D eigenvalue weighted by molar-refractivity contribution is -0.0624. The van der Waals surface area contributed by atoms with Crippen molar-refractivity contribution in [3.63, 3.8) is 0 Å². The second-order valence-electron chi connectivity index (χ2n) is 6.81. The number of nitrogens with one attached hydrogen (secondary N) is 1. The largest absolute Gasteiger partial charge is 0.370 e. The van der Waals surface area contributed by atoms with Crippen LogP contribution in [0.5, 0.6) is 0 Å². The first-order chi connectivity index (χ1) is 9.78. The lowest BCUT2D eigenvalue weighted by Crippen LogP contribution is -2.35. The predicted octanol–water partition coefficient (Wildman–Crippen LogP) is 4.50. The molecular weight excluding hydrogens is 270 g/mol. The standard InChI is InChI=1S/C17H32ClNO/c1-2-6-15(8-12-18)13-19-14-16-7-11-17(20-16)9-4-3-5-10-17/h15-16,19H,2-14H2,1H3. The van der Waals surface area contributed by atoms with Crippen molar-refractivity contribution < 1.29 is 4.74 Å². The van der Waals surface area contributed by atoms with Crippen molar-refractivity contribution in [2.45, 2.75) is 82.8 Å². The first-order valence-electron chi connectivity index (χ1n) is 8.72. The molecule has 2 nitrogen and oxygen atoms in total. The summed E-state index contributed by atoms with van der Waals surface area (Å²) in [6.07, 6.45) is 13.4. The summed E-state index contributed by atoms with van der Waals surface area (Å²) in [5.74, 6) is 1.53. The molecule has 0 amide bonds. The van der Waals surface area contributed by atoms with Crippen LogP contribution in [0.2, 0.25) is 0 Å². The number of rotatable bonds is 8. The lowest BCUT2D eigenvalue weighted by Gasteiger charge is -2.33. The van der Waals surface area contributed by atoms with E-state index in [1.54, 1.807) is 0 Å². The van der Waals surface area contributed by atoms with Gasteiger partial charge in [-0.05, 0) is 51.0 Å². The van der Waals surface area contributed by atoms with Crippen LogP contribution in [-0.2, 0) is 4.74 Å². The van der Waals surface area contributed by atoms with Crippen LogP contribution in [0.15, 0.2) is 0 Å². The van der Waals surface area contributed by atoms with Gasteiger partial charge in [0.2, 0.25) is 0 Å². The Morgan fingerprint density at radius 1 is 1.20 bits per heavy atom. The highest BCUT2D eigenvalue weighted by Gasteiger charge is 2.40. The number of alkyl halides is 1. The van der Waals surface area contributed by atoms with E-state index < -0.39 is 0 Å². The molecule has 1 N–H and O–H groups in total. The minimum absolute atomic E-state index is 0.267. The molecule has 0 radical (unpaired) electrons. The summed E-state index contributed by atoms with van der Waals surface area (Å²) < 4.78 is 6.40. The Hall–Kier alpha value is 0.210. The monoisotopic (exact) mass is 301 g/mol. The van der Waals surface area contributed by atoms with Gasteiger partial charge in [-0.15, -0.1) is 11.6 Å². The Balaban J connectivity index is 1.64. The van der Waals surface area contributed by atoms with Crippen LogP contribution in [0.4, 0.5) is 0 Å². The zero-order chi connectivity index (χ0) is 14.3. The molecule has 2 fully saturated rings. The average molecular weight is 302 g/mol. The molecule has 2 atom stereocenters. The van der Waals surface area contributed by atoms with E-state index in [1.807, 2.05) is 0 Å². The third-order valence-corrected chi connectivity index (χ3v) is 5.34. The summed E-state index contributed by atoms with van der Waals surface area (Å²) in [5, 5.41) is 3.64. The summed E-state index contributed by atoms with van der Waals surface area (Å²) in [4.78, 5) is 0. The van der Waals surface area contributed by atoms with Gasteiger partial charge in [-0.25, -0.2) is 0 Å². The van der Waals surface area contributed by atoms with Gasteiger partial charge in [-0.2, -0.15) is 0 Å². The van der Waals surface area contributed by atoms with Crippen LogP contribution in [0, 0.1) is 5.92 Å². The third-order valence-electron chi connectivity index (χ3n) is 5.12. The van der Waals surface area contributed by atoms with E-state index >= 15 is 0 Å². The van der Waals surface area contributed by atoms with Gasteiger partial charge in [0.15, 0.2) is 0 Å². The van der Waals surface area contributed by atoms with Gasteiger partial charge in [0, 0.05) is 12.4 Å². The Kier molecular flexibility index (Phi) is 7.13. The molecule has 0 aromatic carbocycles. The zero-order valence-corrected chi connectivity index (χ0v) is 13.9. The molecule has 1 saturated heterocycles. The van der Waals surface area contributed by atoms with Gasteiger partial charge in [-0.3, -0.25) is 0 Å². The predicted molar refractivity (Wildman–Crippen MR) is 86.5 cm³/mol. The smallest absolute Gasteiger partial charge is 0.0708 e. The van der Waals surface area contributed by atoms with Crippen LogP contribution < -0.4 is 5.32 Å². The highest BCUT2D eigenvalue weighted by molar-refractivity contribution is 6.17. The number of hydrogen-bond acceptors (Lipinski definition) is 2. The Morgan fingerprint density at radius 2 is 2.00 bits per heavy atom. The number of hydrogen-bond donors (Lipinski definition) is 1. The molecule has 1 aliphatic heterocycles. The molecule has 1 spiro atoms. The van der Waals surface area contributed by atoms with Gasteiger partial charge in [0.05, 0.1) is 11.7 Å². The Bertz CT molecular complexity index is 260. The van der Waals surface area contributed by atoms with Crippen molar-refractivity contribution in [3.8, 4) is 0 Å². The van der Waals surface area contributed by atoms with Gasteiger partial charge >= 0.3 is 0 Å². The molecule has 2 unspecified atom stereocenters. The summed E-state index contributed by atoms with van der Waals surface area (Å²) >= 11 is 5.88. The first-order valence-corrected chi connectivity index (χ1v) is 9.26. The fourth-order valence-corrected chi connectivity index (χ4v) is 4.27. The molecule has 0 aromatic rings. The molecule has 1 aliphatic carbocycles.